The van der Waals surface area contributed by atoms with Crippen LogP contribution >= 0.6 is 0 Å². The van der Waals surface area contributed by atoms with Crippen LogP contribution in [-0.2, 0) is 28.6 Å². The lowest BCUT2D eigenvalue weighted by atomic mass is 10.1. The summed E-state index contributed by atoms with van der Waals surface area (Å²) in [5.74, 6) is -0.977. The summed E-state index contributed by atoms with van der Waals surface area (Å²) in [6.07, 6.45) is 83.4. The van der Waals surface area contributed by atoms with Gasteiger partial charge in [0.15, 0.2) is 6.10 Å². The Morgan fingerprint density at radius 3 is 0.890 bits per heavy atom. The van der Waals surface area contributed by atoms with Gasteiger partial charge in [-0.15, -0.1) is 0 Å². The van der Waals surface area contributed by atoms with Crippen molar-refractivity contribution in [1.82, 2.24) is 0 Å². The van der Waals surface area contributed by atoms with Crippen LogP contribution in [-0.4, -0.2) is 37.2 Å². The highest BCUT2D eigenvalue weighted by molar-refractivity contribution is 5.71. The van der Waals surface area contributed by atoms with Gasteiger partial charge < -0.3 is 14.2 Å². The van der Waals surface area contributed by atoms with E-state index >= 15 is 0 Å². The van der Waals surface area contributed by atoms with E-state index in [9.17, 15) is 14.4 Å². The lowest BCUT2D eigenvalue weighted by Crippen LogP contribution is -2.30. The van der Waals surface area contributed by atoms with Crippen LogP contribution in [0.25, 0.3) is 0 Å². The highest BCUT2D eigenvalue weighted by atomic mass is 16.6. The first-order chi connectivity index (χ1) is 36.0. The number of hydrogen-bond donors (Lipinski definition) is 0. The molecular formula is C67H110O6. The fourth-order valence-corrected chi connectivity index (χ4v) is 7.99. The molecule has 0 aromatic carbocycles. The van der Waals surface area contributed by atoms with Crippen LogP contribution in [0.1, 0.15) is 265 Å². The largest absolute Gasteiger partial charge is 0.462 e. The maximum Gasteiger partial charge on any atom is 0.306 e. The molecule has 0 heterocycles. The van der Waals surface area contributed by atoms with E-state index in [1.807, 2.05) is 0 Å². The van der Waals surface area contributed by atoms with E-state index < -0.39 is 6.10 Å². The lowest BCUT2D eigenvalue weighted by molar-refractivity contribution is -0.167. The Kier molecular flexibility index (Phi) is 56.9. The van der Waals surface area contributed by atoms with E-state index in [-0.39, 0.29) is 37.5 Å². The number of hydrogen-bond acceptors (Lipinski definition) is 6. The number of carbonyl (C=O) groups is 3. The molecule has 0 rings (SSSR count). The minimum absolute atomic E-state index is 0.108. The SMILES string of the molecule is CC/C=C\C/C=C\C/C=C\C/C=C\C/C=C\CCCC(=O)OC(COC(=O)CCCCCCCCC/C=C\CCCCCCCC)COC(=O)CCCCCCCCCC/C=C\C/C=C\C/C=C\C/C=C\CC. The average molecular weight is 1010 g/mol. The van der Waals surface area contributed by atoms with Gasteiger partial charge in [-0.1, -0.05) is 245 Å². The van der Waals surface area contributed by atoms with Crippen molar-refractivity contribution in [2.45, 2.75) is 271 Å². The van der Waals surface area contributed by atoms with Gasteiger partial charge in [0.25, 0.3) is 0 Å². The molecule has 0 bridgehead atoms. The predicted octanol–water partition coefficient (Wildman–Crippen LogP) is 20.4. The molecule has 0 saturated heterocycles. The second-order valence-electron chi connectivity index (χ2n) is 19.5. The third kappa shape index (κ3) is 58.6. The number of unbranched alkanes of at least 4 members (excludes halogenated alkanes) is 22. The Hall–Kier alpha value is -4.19. The average Bonchev–Trinajstić information content (AvgIpc) is 3.39. The van der Waals surface area contributed by atoms with Crippen molar-refractivity contribution in [3.8, 4) is 0 Å². The van der Waals surface area contributed by atoms with Crippen molar-refractivity contribution in [2.75, 3.05) is 13.2 Å². The molecule has 73 heavy (non-hydrogen) atoms. The molecule has 1 atom stereocenters. The van der Waals surface area contributed by atoms with Crippen molar-refractivity contribution < 1.29 is 28.6 Å². The zero-order valence-corrected chi connectivity index (χ0v) is 47.4. The maximum absolute atomic E-state index is 12.9. The molecule has 0 aliphatic heterocycles. The van der Waals surface area contributed by atoms with Gasteiger partial charge in [0.2, 0.25) is 0 Å². The summed E-state index contributed by atoms with van der Waals surface area (Å²) in [6, 6.07) is 0. The van der Waals surface area contributed by atoms with Gasteiger partial charge in [-0.3, -0.25) is 14.4 Å². The molecule has 0 spiro atoms. The second-order valence-corrected chi connectivity index (χ2v) is 19.5. The molecule has 6 heteroatoms. The first-order valence-corrected chi connectivity index (χ1v) is 30.0. The van der Waals surface area contributed by atoms with Crippen molar-refractivity contribution in [2.24, 2.45) is 0 Å². The molecule has 0 aliphatic rings. The van der Waals surface area contributed by atoms with Gasteiger partial charge in [-0.2, -0.15) is 0 Å². The monoisotopic (exact) mass is 1010 g/mol. The van der Waals surface area contributed by atoms with Crippen LogP contribution in [0.3, 0.4) is 0 Å². The molecule has 0 radical (unpaired) electrons. The number of carbonyl (C=O) groups excluding carboxylic acids is 3. The Morgan fingerprint density at radius 1 is 0.288 bits per heavy atom. The summed E-state index contributed by atoms with van der Waals surface area (Å²) < 4.78 is 16.8. The quantitative estimate of drug-likeness (QED) is 0.0261. The Morgan fingerprint density at radius 2 is 0.548 bits per heavy atom. The third-order valence-corrected chi connectivity index (χ3v) is 12.4. The van der Waals surface area contributed by atoms with E-state index in [0.29, 0.717) is 19.3 Å². The Balaban J connectivity index is 4.48. The normalized spacial score (nSPS) is 13.0. The van der Waals surface area contributed by atoms with Gasteiger partial charge in [0.05, 0.1) is 0 Å². The molecule has 414 valence electrons. The smallest absolute Gasteiger partial charge is 0.306 e. The second kappa shape index (κ2) is 60.4. The topological polar surface area (TPSA) is 78.9 Å². The van der Waals surface area contributed by atoms with Crippen LogP contribution in [0.2, 0.25) is 0 Å². The van der Waals surface area contributed by atoms with Crippen LogP contribution in [0.15, 0.2) is 122 Å². The van der Waals surface area contributed by atoms with E-state index in [4.69, 9.17) is 14.2 Å². The number of allylic oxidation sites excluding steroid dienone is 20. The molecule has 0 saturated carbocycles. The maximum atomic E-state index is 12.9. The van der Waals surface area contributed by atoms with Crippen LogP contribution in [0.4, 0.5) is 0 Å². The van der Waals surface area contributed by atoms with E-state index in [2.05, 4.69) is 142 Å². The van der Waals surface area contributed by atoms with Gasteiger partial charge >= 0.3 is 17.9 Å². The lowest BCUT2D eigenvalue weighted by Gasteiger charge is -2.18. The van der Waals surface area contributed by atoms with Gasteiger partial charge in [0, 0.05) is 19.3 Å². The number of rotatable bonds is 53. The van der Waals surface area contributed by atoms with Crippen LogP contribution < -0.4 is 0 Å². The molecule has 0 N–H and O–H groups in total. The zero-order chi connectivity index (χ0) is 52.9. The van der Waals surface area contributed by atoms with Gasteiger partial charge in [-0.05, 0) is 122 Å². The van der Waals surface area contributed by atoms with Gasteiger partial charge in [-0.25, -0.2) is 0 Å². The van der Waals surface area contributed by atoms with Gasteiger partial charge in [0.1, 0.15) is 13.2 Å². The van der Waals surface area contributed by atoms with E-state index in [0.717, 1.165) is 109 Å². The third-order valence-electron chi connectivity index (χ3n) is 12.4. The number of esters is 3. The highest BCUT2D eigenvalue weighted by Gasteiger charge is 2.19. The Bertz CT molecular complexity index is 1540. The fraction of sp³-hybridized carbons (Fsp3) is 0.657. The van der Waals surface area contributed by atoms with Crippen molar-refractivity contribution in [3.63, 3.8) is 0 Å². The fourth-order valence-electron chi connectivity index (χ4n) is 7.99. The molecule has 0 aromatic rings. The summed E-state index contributed by atoms with van der Waals surface area (Å²) in [4.78, 5) is 38.2. The van der Waals surface area contributed by atoms with Crippen molar-refractivity contribution >= 4 is 17.9 Å². The minimum Gasteiger partial charge on any atom is -0.462 e. The molecule has 0 fully saturated rings. The van der Waals surface area contributed by atoms with Crippen LogP contribution in [0.5, 0.6) is 0 Å². The Labute approximate surface area is 450 Å². The molecular weight excluding hydrogens is 901 g/mol. The first-order valence-electron chi connectivity index (χ1n) is 30.0. The highest BCUT2D eigenvalue weighted by Crippen LogP contribution is 2.14. The molecule has 6 nitrogen and oxygen atoms in total. The predicted molar refractivity (Wildman–Crippen MR) is 316 cm³/mol. The van der Waals surface area contributed by atoms with Crippen molar-refractivity contribution in [3.05, 3.63) is 122 Å². The van der Waals surface area contributed by atoms with Crippen LogP contribution in [0, 0.1) is 0 Å². The van der Waals surface area contributed by atoms with E-state index in [1.165, 1.54) is 109 Å². The first kappa shape index (κ1) is 68.8. The summed E-state index contributed by atoms with van der Waals surface area (Å²) >= 11 is 0. The van der Waals surface area contributed by atoms with Crippen molar-refractivity contribution in [1.29, 1.82) is 0 Å². The molecule has 0 aliphatic carbocycles. The summed E-state index contributed by atoms with van der Waals surface area (Å²) in [6.45, 7) is 6.36. The molecule has 1 unspecified atom stereocenters. The minimum atomic E-state index is -0.817. The zero-order valence-electron chi connectivity index (χ0n) is 47.4. The summed E-state index contributed by atoms with van der Waals surface area (Å²) in [5, 5.41) is 0. The molecule has 0 aromatic heterocycles. The summed E-state index contributed by atoms with van der Waals surface area (Å²) in [7, 11) is 0. The standard InChI is InChI=1S/C67H110O6/c1-4-7-10-13-16-19-22-25-28-31-32-33-34-37-39-42-45-48-51-54-57-60-66(69)72-63-64(73-67(70)61-58-55-52-49-46-43-40-36-30-27-24-21-18-15-12-9-6-3)62-71-65(68)59-56-53-50-47-44-41-38-35-29-26-23-20-17-14-11-8-5-2/h7,9-10,12,16,18-19,21,25-30,32-33,40,43,49,52,64H,4-6,8,11,13-15,17,20,22-24,31,34-39,41-42,44-48,50-51,53-63H2,1-3H3/b10-7-,12-9-,19-16-,21-18-,28-25-,29-26-,30-27-,33-32-,43-40-,52-49-. The number of ether oxygens (including phenoxy) is 3. The molecule has 0 amide bonds. The summed E-state index contributed by atoms with van der Waals surface area (Å²) in [5.41, 5.74) is 0. The van der Waals surface area contributed by atoms with E-state index in [1.54, 1.807) is 0 Å².